The third kappa shape index (κ3) is 6.04. The van der Waals surface area contributed by atoms with E-state index in [1.165, 1.54) is 0 Å². The van der Waals surface area contributed by atoms with Crippen LogP contribution in [0, 0.1) is 11.8 Å². The monoisotopic (exact) mass is 407 g/mol. The van der Waals surface area contributed by atoms with E-state index < -0.39 is 6.10 Å². The number of carbonyl (C=O) groups excluding carboxylic acids is 1. The van der Waals surface area contributed by atoms with Gasteiger partial charge in [-0.05, 0) is 44.2 Å². The van der Waals surface area contributed by atoms with Crippen molar-refractivity contribution in [3.63, 3.8) is 0 Å². The van der Waals surface area contributed by atoms with Gasteiger partial charge in [0.25, 0.3) is 0 Å². The summed E-state index contributed by atoms with van der Waals surface area (Å²) >= 11 is 0. The molecular weight excluding hydrogens is 382 g/mol. The van der Waals surface area contributed by atoms with Gasteiger partial charge in [-0.1, -0.05) is 17.0 Å². The molecule has 4 N–H and O–H groups in total. The van der Waals surface area contributed by atoms with E-state index in [0.717, 1.165) is 29.7 Å². The second-order valence-corrected chi connectivity index (χ2v) is 6.90. The molecule has 0 saturated carbocycles. The van der Waals surface area contributed by atoms with Crippen molar-refractivity contribution >= 4 is 5.91 Å². The number of aliphatic hydroxyl groups is 1. The third-order valence-corrected chi connectivity index (χ3v) is 4.37. The van der Waals surface area contributed by atoms with Gasteiger partial charge in [0.1, 0.15) is 17.6 Å². The highest BCUT2D eigenvalue weighted by atomic mass is 16.5. The Labute approximate surface area is 175 Å². The molecular formula is C22H25N5O3. The van der Waals surface area contributed by atoms with Crippen molar-refractivity contribution in [2.45, 2.75) is 32.4 Å². The first-order valence-corrected chi connectivity index (χ1v) is 9.76. The Morgan fingerprint density at radius 1 is 1.37 bits per heavy atom. The van der Waals surface area contributed by atoms with Crippen molar-refractivity contribution in [2.24, 2.45) is 5.73 Å². The van der Waals surface area contributed by atoms with Gasteiger partial charge in [-0.25, -0.2) is 4.98 Å². The van der Waals surface area contributed by atoms with Crippen LogP contribution in [0.3, 0.4) is 0 Å². The number of imidazole rings is 1. The lowest BCUT2D eigenvalue weighted by atomic mass is 10.1. The van der Waals surface area contributed by atoms with Crippen LogP contribution in [0.1, 0.15) is 43.0 Å². The number of nitrogens with two attached hydrogens (primary N) is 1. The number of rotatable bonds is 9. The van der Waals surface area contributed by atoms with Crippen molar-refractivity contribution in [1.82, 2.24) is 20.0 Å². The maximum Gasteiger partial charge on any atom is 0.231 e. The predicted octanol–water partition coefficient (Wildman–Crippen LogP) is 1.85. The molecule has 1 amide bonds. The number of benzene rings is 1. The van der Waals surface area contributed by atoms with E-state index in [1.807, 2.05) is 34.9 Å². The molecule has 8 nitrogen and oxygen atoms in total. The molecule has 30 heavy (non-hydrogen) atoms. The lowest BCUT2D eigenvalue weighted by Gasteiger charge is -2.07. The van der Waals surface area contributed by atoms with Crippen LogP contribution in [-0.2, 0) is 11.3 Å². The summed E-state index contributed by atoms with van der Waals surface area (Å²) in [5.41, 5.74) is 7.64. The smallest absolute Gasteiger partial charge is 0.231 e. The second kappa shape index (κ2) is 10.4. The summed E-state index contributed by atoms with van der Waals surface area (Å²) < 4.78 is 7.31. The van der Waals surface area contributed by atoms with E-state index in [1.54, 1.807) is 19.3 Å². The average molecular weight is 407 g/mol. The van der Waals surface area contributed by atoms with E-state index in [0.29, 0.717) is 24.7 Å². The molecule has 156 valence electrons. The Hall–Kier alpha value is -3.41. The van der Waals surface area contributed by atoms with Crippen molar-refractivity contribution in [3.8, 4) is 23.2 Å². The van der Waals surface area contributed by atoms with Gasteiger partial charge in [0.15, 0.2) is 5.76 Å². The molecule has 0 saturated heterocycles. The molecule has 0 radical (unpaired) electrons. The number of aliphatic hydroxyl groups excluding tert-OH is 1. The minimum Gasteiger partial charge on any atom is -0.385 e. The molecule has 3 aromatic rings. The van der Waals surface area contributed by atoms with Gasteiger partial charge in [-0.15, -0.1) is 0 Å². The molecule has 3 rings (SSSR count). The van der Waals surface area contributed by atoms with Gasteiger partial charge >= 0.3 is 0 Å². The van der Waals surface area contributed by atoms with E-state index in [-0.39, 0.29) is 12.5 Å². The normalized spacial score (nSPS) is 11.7. The second-order valence-electron chi connectivity index (χ2n) is 6.90. The Morgan fingerprint density at radius 3 is 2.90 bits per heavy atom. The van der Waals surface area contributed by atoms with Crippen LogP contribution in [0.25, 0.3) is 11.3 Å². The Balaban J connectivity index is 1.54. The van der Waals surface area contributed by atoms with E-state index in [9.17, 15) is 9.90 Å². The van der Waals surface area contributed by atoms with Gasteiger partial charge < -0.3 is 25.2 Å². The summed E-state index contributed by atoms with van der Waals surface area (Å²) in [5, 5.41) is 16.8. The zero-order valence-electron chi connectivity index (χ0n) is 16.8. The Bertz CT molecular complexity index is 1020. The van der Waals surface area contributed by atoms with Gasteiger partial charge in [0.05, 0.1) is 13.1 Å². The van der Waals surface area contributed by atoms with Crippen LogP contribution >= 0.6 is 0 Å². The number of carbonyl (C=O) groups is 1. The quantitative estimate of drug-likeness (QED) is 0.368. The fraction of sp³-hybridized carbons (Fsp3) is 0.318. The van der Waals surface area contributed by atoms with Gasteiger partial charge in [-0.2, -0.15) is 0 Å². The highest BCUT2D eigenvalue weighted by Gasteiger charge is 2.12. The van der Waals surface area contributed by atoms with Crippen molar-refractivity contribution in [1.29, 1.82) is 0 Å². The van der Waals surface area contributed by atoms with Crippen LogP contribution in [0.15, 0.2) is 47.2 Å². The molecule has 0 bridgehead atoms. The molecule has 0 aliphatic carbocycles. The number of hydrogen-bond acceptors (Lipinski definition) is 6. The highest BCUT2D eigenvalue weighted by Crippen LogP contribution is 2.22. The molecule has 0 aliphatic heterocycles. The fourth-order valence-electron chi connectivity index (χ4n) is 2.91. The highest BCUT2D eigenvalue weighted by molar-refractivity contribution is 5.75. The maximum atomic E-state index is 10.6. The number of unbranched alkanes of at least 4 members (excludes halogenated alkanes) is 1. The summed E-state index contributed by atoms with van der Waals surface area (Å²) in [7, 11) is 0. The molecule has 0 spiro atoms. The third-order valence-electron chi connectivity index (χ3n) is 4.37. The van der Waals surface area contributed by atoms with E-state index in [2.05, 4.69) is 27.3 Å². The minimum atomic E-state index is -0.647. The number of primary amides is 1. The Morgan fingerprint density at radius 2 is 2.17 bits per heavy atom. The molecule has 1 atom stereocenters. The topological polar surface area (TPSA) is 119 Å². The van der Waals surface area contributed by atoms with Gasteiger partial charge in [0.2, 0.25) is 5.91 Å². The summed E-state index contributed by atoms with van der Waals surface area (Å²) in [6.45, 7) is 3.06. The predicted molar refractivity (Wildman–Crippen MR) is 112 cm³/mol. The Kier molecular flexibility index (Phi) is 7.38. The first-order valence-electron chi connectivity index (χ1n) is 9.76. The van der Waals surface area contributed by atoms with Crippen LogP contribution < -0.4 is 11.1 Å². The molecule has 2 heterocycles. The number of nitrogens with zero attached hydrogens (tertiary/aromatic N) is 3. The summed E-state index contributed by atoms with van der Waals surface area (Å²) in [6, 6.07) is 9.66. The summed E-state index contributed by atoms with van der Waals surface area (Å²) in [6.07, 6.45) is 4.40. The number of hydrogen-bond donors (Lipinski definition) is 3. The number of amides is 1. The molecule has 0 fully saturated rings. The van der Waals surface area contributed by atoms with Crippen molar-refractivity contribution in [2.75, 3.05) is 13.1 Å². The minimum absolute atomic E-state index is 0.197. The summed E-state index contributed by atoms with van der Waals surface area (Å²) in [4.78, 5) is 14.8. The van der Waals surface area contributed by atoms with Gasteiger partial charge in [0, 0.05) is 36.0 Å². The fourth-order valence-corrected chi connectivity index (χ4v) is 2.91. The number of nitrogens with one attached hydrogen (secondary N) is 1. The van der Waals surface area contributed by atoms with Crippen LogP contribution in [0.5, 0.6) is 0 Å². The first kappa shape index (κ1) is 21.3. The van der Waals surface area contributed by atoms with E-state index >= 15 is 0 Å². The molecule has 8 heteroatoms. The van der Waals surface area contributed by atoms with Crippen LogP contribution in [0.2, 0.25) is 0 Å². The lowest BCUT2D eigenvalue weighted by Crippen LogP contribution is -2.29. The SMILES string of the molecule is C[C@H](O)c1nccn1Cc1cc(-c2ccc(C#CCCCNCC(N)=O)cc2)on1. The van der Waals surface area contributed by atoms with Crippen LogP contribution in [-0.4, -0.2) is 38.8 Å². The lowest BCUT2D eigenvalue weighted by molar-refractivity contribution is -0.117. The zero-order chi connectivity index (χ0) is 21.3. The molecule has 0 aliphatic rings. The molecule has 0 unspecified atom stereocenters. The average Bonchev–Trinajstić information content (AvgIpc) is 3.37. The number of aromatic nitrogens is 3. The van der Waals surface area contributed by atoms with Crippen molar-refractivity contribution < 1.29 is 14.4 Å². The molecule has 1 aromatic carbocycles. The van der Waals surface area contributed by atoms with E-state index in [4.69, 9.17) is 10.3 Å². The maximum absolute atomic E-state index is 10.6. The van der Waals surface area contributed by atoms with Crippen molar-refractivity contribution in [3.05, 3.63) is 59.8 Å². The van der Waals surface area contributed by atoms with Gasteiger partial charge in [-0.3, -0.25) is 4.79 Å². The zero-order valence-corrected chi connectivity index (χ0v) is 16.8. The largest absolute Gasteiger partial charge is 0.385 e. The first-order chi connectivity index (χ1) is 14.5. The standard InChI is InChI=1S/C22H25N5O3/c1-16(28)22-25-11-12-27(22)15-19-13-20(30-26-19)18-8-6-17(7-9-18)5-3-2-4-10-24-14-21(23)29/h6-9,11-13,16,24,28H,2,4,10,14-15H2,1H3,(H2,23,29)/t16-/m0/s1. The summed E-state index contributed by atoms with van der Waals surface area (Å²) in [5.74, 6) is 7.15. The molecule has 2 aromatic heterocycles. The van der Waals surface area contributed by atoms with Crippen LogP contribution in [0.4, 0.5) is 0 Å².